The third-order valence-corrected chi connectivity index (χ3v) is 4.18. The highest BCUT2D eigenvalue weighted by Gasteiger charge is 2.30. The van der Waals surface area contributed by atoms with Gasteiger partial charge in [0.1, 0.15) is 11.6 Å². The lowest BCUT2D eigenvalue weighted by atomic mass is 10.2. The van der Waals surface area contributed by atoms with E-state index in [1.54, 1.807) is 18.2 Å². The van der Waals surface area contributed by atoms with E-state index in [1.807, 2.05) is 4.90 Å². The number of benzene rings is 2. The summed E-state index contributed by atoms with van der Waals surface area (Å²) < 4.78 is 27.6. The molecule has 2 aromatic carbocycles. The second-order valence-electron chi connectivity index (χ2n) is 5.90. The van der Waals surface area contributed by atoms with Crippen LogP contribution in [0.1, 0.15) is 18.4 Å². The van der Waals surface area contributed by atoms with Gasteiger partial charge < -0.3 is 5.32 Å². The van der Waals surface area contributed by atoms with Gasteiger partial charge in [0.05, 0.1) is 12.2 Å². The molecule has 3 rings (SSSR count). The summed E-state index contributed by atoms with van der Waals surface area (Å²) in [4.78, 5) is 14.1. The number of amides is 1. The van der Waals surface area contributed by atoms with E-state index >= 15 is 0 Å². The fraction of sp³-hybridized carbons (Fsp3) is 0.278. The van der Waals surface area contributed by atoms with Crippen molar-refractivity contribution in [3.8, 4) is 0 Å². The average Bonchev–Trinajstić information content (AvgIpc) is 3.36. The Labute approximate surface area is 144 Å². The van der Waals surface area contributed by atoms with Crippen LogP contribution in [-0.4, -0.2) is 23.4 Å². The van der Waals surface area contributed by atoms with Crippen molar-refractivity contribution in [1.82, 2.24) is 4.90 Å². The molecule has 0 aromatic heterocycles. The minimum Gasteiger partial charge on any atom is -0.322 e. The quantitative estimate of drug-likeness (QED) is 0.846. The summed E-state index contributed by atoms with van der Waals surface area (Å²) in [5.74, 6) is -1.20. The topological polar surface area (TPSA) is 32.3 Å². The predicted molar refractivity (Wildman–Crippen MR) is 89.9 cm³/mol. The van der Waals surface area contributed by atoms with Crippen LogP contribution in [0.2, 0.25) is 5.02 Å². The minimum absolute atomic E-state index is 0.0844. The normalized spacial score (nSPS) is 14.0. The maximum atomic E-state index is 13.8. The second-order valence-corrected chi connectivity index (χ2v) is 6.34. The molecule has 24 heavy (non-hydrogen) atoms. The summed E-state index contributed by atoms with van der Waals surface area (Å²) in [5.41, 5.74) is 0.640. The summed E-state index contributed by atoms with van der Waals surface area (Å²) in [7, 11) is 0. The number of nitrogens with one attached hydrogen (secondary N) is 1. The average molecular weight is 351 g/mol. The van der Waals surface area contributed by atoms with Crippen LogP contribution >= 0.6 is 11.6 Å². The van der Waals surface area contributed by atoms with Gasteiger partial charge in [0.2, 0.25) is 5.91 Å². The van der Waals surface area contributed by atoms with Crippen LogP contribution in [0, 0.1) is 11.6 Å². The van der Waals surface area contributed by atoms with E-state index in [0.717, 1.165) is 18.9 Å². The van der Waals surface area contributed by atoms with Crippen LogP contribution < -0.4 is 5.32 Å². The van der Waals surface area contributed by atoms with Crippen LogP contribution in [0.3, 0.4) is 0 Å². The number of rotatable bonds is 6. The summed E-state index contributed by atoms with van der Waals surface area (Å²) in [6.07, 6.45) is 1.97. The van der Waals surface area contributed by atoms with Gasteiger partial charge in [0.25, 0.3) is 0 Å². The van der Waals surface area contributed by atoms with E-state index in [0.29, 0.717) is 12.1 Å². The molecule has 1 fully saturated rings. The summed E-state index contributed by atoms with van der Waals surface area (Å²) >= 11 is 5.70. The predicted octanol–water partition coefficient (Wildman–Crippen LogP) is 4.22. The standard InChI is InChI=1S/C18H17ClF2N2O/c19-13-5-8-17(16(21)9-13)22-18(24)11-23(14-6-7-14)10-12-3-1-2-4-15(12)20/h1-5,8-9,14H,6-7,10-11H2,(H,22,24). The van der Waals surface area contributed by atoms with E-state index in [1.165, 1.54) is 18.2 Å². The van der Waals surface area contributed by atoms with Gasteiger partial charge in [-0.25, -0.2) is 8.78 Å². The SMILES string of the molecule is O=C(CN(Cc1ccccc1F)C1CC1)Nc1ccc(Cl)cc1F. The Morgan fingerprint density at radius 3 is 2.58 bits per heavy atom. The first-order valence-electron chi connectivity index (χ1n) is 7.75. The highest BCUT2D eigenvalue weighted by Crippen LogP contribution is 2.28. The second kappa shape index (κ2) is 7.28. The van der Waals surface area contributed by atoms with Crippen molar-refractivity contribution < 1.29 is 13.6 Å². The smallest absolute Gasteiger partial charge is 0.238 e. The molecule has 0 heterocycles. The van der Waals surface area contributed by atoms with E-state index in [2.05, 4.69) is 5.32 Å². The van der Waals surface area contributed by atoms with Gasteiger partial charge in [-0.3, -0.25) is 9.69 Å². The lowest BCUT2D eigenvalue weighted by Crippen LogP contribution is -2.34. The number of hydrogen-bond donors (Lipinski definition) is 1. The van der Waals surface area contributed by atoms with Crippen molar-refractivity contribution in [2.24, 2.45) is 0 Å². The third kappa shape index (κ3) is 4.30. The maximum absolute atomic E-state index is 13.8. The zero-order valence-corrected chi connectivity index (χ0v) is 13.7. The van der Waals surface area contributed by atoms with Crippen LogP contribution in [0.25, 0.3) is 0 Å². The fourth-order valence-corrected chi connectivity index (χ4v) is 2.72. The van der Waals surface area contributed by atoms with Crippen LogP contribution in [-0.2, 0) is 11.3 Å². The van der Waals surface area contributed by atoms with E-state index < -0.39 is 5.82 Å². The lowest BCUT2D eigenvalue weighted by Gasteiger charge is -2.21. The molecule has 1 saturated carbocycles. The number of halogens is 3. The highest BCUT2D eigenvalue weighted by atomic mass is 35.5. The molecule has 126 valence electrons. The summed E-state index contributed by atoms with van der Waals surface area (Å²) in [6.45, 7) is 0.439. The van der Waals surface area contributed by atoms with Crippen molar-refractivity contribution in [2.75, 3.05) is 11.9 Å². The highest BCUT2D eigenvalue weighted by molar-refractivity contribution is 6.30. The first-order chi connectivity index (χ1) is 11.5. The molecule has 2 aromatic rings. The lowest BCUT2D eigenvalue weighted by molar-refractivity contribution is -0.117. The van der Waals surface area contributed by atoms with E-state index in [4.69, 9.17) is 11.6 Å². The van der Waals surface area contributed by atoms with E-state index in [9.17, 15) is 13.6 Å². The van der Waals surface area contributed by atoms with Gasteiger partial charge in [-0.2, -0.15) is 0 Å². The molecule has 0 bridgehead atoms. The Bertz CT molecular complexity index is 750. The van der Waals surface area contributed by atoms with Crippen LogP contribution in [0.4, 0.5) is 14.5 Å². The first kappa shape index (κ1) is 16.9. The Morgan fingerprint density at radius 1 is 1.17 bits per heavy atom. The Hall–Kier alpha value is -1.98. The number of carbonyl (C=O) groups is 1. The van der Waals surface area contributed by atoms with Gasteiger partial charge in [0, 0.05) is 23.2 Å². The largest absolute Gasteiger partial charge is 0.322 e. The fourth-order valence-electron chi connectivity index (χ4n) is 2.56. The molecule has 0 atom stereocenters. The molecule has 1 N–H and O–H groups in total. The molecule has 3 nitrogen and oxygen atoms in total. The molecule has 0 saturated heterocycles. The Balaban J connectivity index is 1.65. The molecule has 0 unspecified atom stereocenters. The molecule has 1 aliphatic carbocycles. The van der Waals surface area contributed by atoms with Crippen molar-refractivity contribution in [2.45, 2.75) is 25.4 Å². The molecule has 0 spiro atoms. The van der Waals surface area contributed by atoms with Crippen LogP contribution in [0.5, 0.6) is 0 Å². The van der Waals surface area contributed by atoms with Gasteiger partial charge in [-0.15, -0.1) is 0 Å². The molecule has 1 amide bonds. The molecular formula is C18H17ClF2N2O. The zero-order valence-electron chi connectivity index (χ0n) is 12.9. The molecule has 0 aliphatic heterocycles. The number of hydrogen-bond acceptors (Lipinski definition) is 2. The molecule has 0 radical (unpaired) electrons. The monoisotopic (exact) mass is 350 g/mol. The van der Waals surface area contributed by atoms with Gasteiger partial charge in [-0.1, -0.05) is 29.8 Å². The molecular weight excluding hydrogens is 334 g/mol. The number of carbonyl (C=O) groups excluding carboxylic acids is 1. The number of anilines is 1. The van der Waals surface area contributed by atoms with E-state index in [-0.39, 0.29) is 35.0 Å². The Kier molecular flexibility index (Phi) is 5.11. The molecule has 1 aliphatic rings. The van der Waals surface area contributed by atoms with Gasteiger partial charge in [0.15, 0.2) is 0 Å². The van der Waals surface area contributed by atoms with Gasteiger partial charge >= 0.3 is 0 Å². The molecule has 6 heteroatoms. The van der Waals surface area contributed by atoms with Crippen molar-refractivity contribution in [1.29, 1.82) is 0 Å². The summed E-state index contributed by atoms with van der Waals surface area (Å²) in [6, 6.07) is 10.9. The minimum atomic E-state index is -0.581. The van der Waals surface area contributed by atoms with Crippen molar-refractivity contribution in [3.05, 3.63) is 64.7 Å². The maximum Gasteiger partial charge on any atom is 0.238 e. The Morgan fingerprint density at radius 2 is 1.92 bits per heavy atom. The third-order valence-electron chi connectivity index (χ3n) is 3.95. The zero-order chi connectivity index (χ0) is 17.1. The van der Waals surface area contributed by atoms with Crippen molar-refractivity contribution >= 4 is 23.2 Å². The summed E-state index contributed by atoms with van der Waals surface area (Å²) in [5, 5.41) is 2.81. The van der Waals surface area contributed by atoms with Crippen LogP contribution in [0.15, 0.2) is 42.5 Å². The number of nitrogens with zero attached hydrogens (tertiary/aromatic N) is 1. The van der Waals surface area contributed by atoms with Gasteiger partial charge in [-0.05, 0) is 37.1 Å². The van der Waals surface area contributed by atoms with Crippen molar-refractivity contribution in [3.63, 3.8) is 0 Å². The first-order valence-corrected chi connectivity index (χ1v) is 8.13.